The third kappa shape index (κ3) is 3.48. The van der Waals surface area contributed by atoms with E-state index in [1.54, 1.807) is 17.3 Å². The molecule has 2 aromatic heterocycles. The number of nitrogens with one attached hydrogen (secondary N) is 1. The molecule has 3 heterocycles. The monoisotopic (exact) mass is 331 g/mol. The summed E-state index contributed by atoms with van der Waals surface area (Å²) in [5, 5.41) is 10.5. The molecule has 2 aliphatic rings. The number of H-pyrrole nitrogens is 1. The maximum absolute atomic E-state index is 12.3. The zero-order chi connectivity index (χ0) is 16.4. The number of carbonyl (C=O) groups excluding carboxylic acids is 1. The van der Waals surface area contributed by atoms with Crippen LogP contribution in [-0.4, -0.2) is 57.4 Å². The standard InChI is InChI=1S/C16H21N5O3/c22-16(13-7-17-18-8-13)21-5-3-12(9-21)15-19-14(20-24-15)4-6-23-10-11-1-2-11/h7-8,11-12H,1-6,9-10H2,(H,17,18). The Kier molecular flexibility index (Phi) is 4.29. The highest BCUT2D eigenvalue weighted by molar-refractivity contribution is 5.93. The van der Waals surface area contributed by atoms with Gasteiger partial charge in [0.25, 0.3) is 5.91 Å². The first-order valence-corrected chi connectivity index (χ1v) is 8.48. The van der Waals surface area contributed by atoms with Crippen molar-refractivity contribution in [1.29, 1.82) is 0 Å². The van der Waals surface area contributed by atoms with Crippen LogP contribution in [0.1, 0.15) is 47.3 Å². The molecule has 2 aromatic rings. The molecule has 1 saturated carbocycles. The second kappa shape index (κ2) is 6.72. The summed E-state index contributed by atoms with van der Waals surface area (Å²) < 4.78 is 11.0. The van der Waals surface area contributed by atoms with E-state index in [0.29, 0.717) is 43.4 Å². The summed E-state index contributed by atoms with van der Waals surface area (Å²) in [7, 11) is 0. The summed E-state index contributed by atoms with van der Waals surface area (Å²) >= 11 is 0. The van der Waals surface area contributed by atoms with Gasteiger partial charge in [0.15, 0.2) is 5.82 Å². The normalized spacial score (nSPS) is 20.7. The van der Waals surface area contributed by atoms with Crippen molar-refractivity contribution in [1.82, 2.24) is 25.2 Å². The Morgan fingerprint density at radius 3 is 3.12 bits per heavy atom. The molecule has 0 aromatic carbocycles. The number of hydrogen-bond acceptors (Lipinski definition) is 6. The molecule has 1 unspecified atom stereocenters. The fourth-order valence-corrected chi connectivity index (χ4v) is 2.93. The van der Waals surface area contributed by atoms with E-state index in [9.17, 15) is 4.79 Å². The first-order valence-electron chi connectivity index (χ1n) is 8.48. The molecular weight excluding hydrogens is 310 g/mol. The van der Waals surface area contributed by atoms with Gasteiger partial charge >= 0.3 is 0 Å². The first kappa shape index (κ1) is 15.3. The molecule has 1 saturated heterocycles. The average molecular weight is 331 g/mol. The largest absolute Gasteiger partial charge is 0.381 e. The highest BCUT2D eigenvalue weighted by Crippen LogP contribution is 2.29. The highest BCUT2D eigenvalue weighted by atomic mass is 16.5. The number of nitrogens with zero attached hydrogens (tertiary/aromatic N) is 4. The Bertz CT molecular complexity index is 680. The molecule has 1 aliphatic heterocycles. The molecule has 1 aliphatic carbocycles. The van der Waals surface area contributed by atoms with Crippen LogP contribution in [0.25, 0.3) is 0 Å². The summed E-state index contributed by atoms with van der Waals surface area (Å²) in [6, 6.07) is 0. The number of aromatic amines is 1. The number of carbonyl (C=O) groups is 1. The van der Waals surface area contributed by atoms with Crippen LogP contribution in [0.4, 0.5) is 0 Å². The van der Waals surface area contributed by atoms with E-state index in [1.165, 1.54) is 12.8 Å². The lowest BCUT2D eigenvalue weighted by molar-refractivity contribution is 0.0789. The van der Waals surface area contributed by atoms with Gasteiger partial charge in [0.2, 0.25) is 5.89 Å². The first-order chi connectivity index (χ1) is 11.8. The van der Waals surface area contributed by atoms with E-state index in [4.69, 9.17) is 9.26 Å². The molecule has 0 bridgehead atoms. The Hall–Kier alpha value is -2.22. The number of likely N-dealkylation sites (tertiary alicyclic amines) is 1. The van der Waals surface area contributed by atoms with Crippen LogP contribution < -0.4 is 0 Å². The van der Waals surface area contributed by atoms with Gasteiger partial charge in [-0.05, 0) is 25.2 Å². The number of amides is 1. The van der Waals surface area contributed by atoms with Crippen LogP contribution in [-0.2, 0) is 11.2 Å². The maximum Gasteiger partial charge on any atom is 0.257 e. The molecular formula is C16H21N5O3. The lowest BCUT2D eigenvalue weighted by Gasteiger charge is -2.14. The number of aromatic nitrogens is 4. The van der Waals surface area contributed by atoms with Gasteiger partial charge in [-0.15, -0.1) is 0 Å². The van der Waals surface area contributed by atoms with Gasteiger partial charge in [0.1, 0.15) is 0 Å². The number of hydrogen-bond donors (Lipinski definition) is 1. The van der Waals surface area contributed by atoms with Crippen molar-refractivity contribution in [3.63, 3.8) is 0 Å². The van der Waals surface area contributed by atoms with Crippen molar-refractivity contribution in [3.8, 4) is 0 Å². The third-order valence-corrected chi connectivity index (χ3v) is 4.57. The van der Waals surface area contributed by atoms with Crippen molar-refractivity contribution < 1.29 is 14.1 Å². The molecule has 1 N–H and O–H groups in total. The fourth-order valence-electron chi connectivity index (χ4n) is 2.93. The van der Waals surface area contributed by atoms with Gasteiger partial charge in [0.05, 0.1) is 24.3 Å². The lowest BCUT2D eigenvalue weighted by Crippen LogP contribution is -2.28. The predicted molar refractivity (Wildman–Crippen MR) is 83.4 cm³/mol. The van der Waals surface area contributed by atoms with Crippen molar-refractivity contribution in [2.45, 2.75) is 31.6 Å². The Balaban J connectivity index is 1.28. The number of ether oxygens (including phenoxy) is 1. The molecule has 8 heteroatoms. The fraction of sp³-hybridized carbons (Fsp3) is 0.625. The molecule has 1 atom stereocenters. The van der Waals surface area contributed by atoms with Gasteiger partial charge in [-0.2, -0.15) is 10.1 Å². The molecule has 4 rings (SSSR count). The smallest absolute Gasteiger partial charge is 0.257 e. The molecule has 0 spiro atoms. The van der Waals surface area contributed by atoms with Gasteiger partial charge in [0, 0.05) is 32.3 Å². The van der Waals surface area contributed by atoms with Crippen molar-refractivity contribution in [2.75, 3.05) is 26.3 Å². The molecule has 128 valence electrons. The third-order valence-electron chi connectivity index (χ3n) is 4.57. The molecule has 0 radical (unpaired) electrons. The zero-order valence-corrected chi connectivity index (χ0v) is 13.5. The Morgan fingerprint density at radius 2 is 2.33 bits per heavy atom. The Morgan fingerprint density at radius 1 is 1.42 bits per heavy atom. The Labute approximate surface area is 139 Å². The lowest BCUT2D eigenvalue weighted by atomic mass is 10.1. The summed E-state index contributed by atoms with van der Waals surface area (Å²) in [5.74, 6) is 2.16. The van der Waals surface area contributed by atoms with Crippen LogP contribution in [0.3, 0.4) is 0 Å². The minimum absolute atomic E-state index is 0.0144. The summed E-state index contributed by atoms with van der Waals surface area (Å²) in [6.45, 7) is 2.77. The molecule has 2 fully saturated rings. The van der Waals surface area contributed by atoms with Gasteiger partial charge < -0.3 is 14.2 Å². The van der Waals surface area contributed by atoms with Crippen LogP contribution in [0.2, 0.25) is 0 Å². The van der Waals surface area contributed by atoms with Gasteiger partial charge in [-0.25, -0.2) is 0 Å². The van der Waals surface area contributed by atoms with Crippen LogP contribution in [0, 0.1) is 5.92 Å². The van der Waals surface area contributed by atoms with Crippen LogP contribution in [0.5, 0.6) is 0 Å². The van der Waals surface area contributed by atoms with Gasteiger partial charge in [-0.3, -0.25) is 9.89 Å². The van der Waals surface area contributed by atoms with E-state index < -0.39 is 0 Å². The molecule has 8 nitrogen and oxygen atoms in total. The SMILES string of the molecule is O=C(c1cn[nH]c1)N1CCC(c2nc(CCOCC3CC3)no2)C1. The topological polar surface area (TPSA) is 97.1 Å². The van der Waals surface area contributed by atoms with E-state index in [-0.39, 0.29) is 11.8 Å². The van der Waals surface area contributed by atoms with Crippen LogP contribution in [0.15, 0.2) is 16.9 Å². The molecule has 24 heavy (non-hydrogen) atoms. The van der Waals surface area contributed by atoms with E-state index >= 15 is 0 Å². The van der Waals surface area contributed by atoms with E-state index in [0.717, 1.165) is 18.9 Å². The minimum Gasteiger partial charge on any atom is -0.381 e. The second-order valence-electron chi connectivity index (χ2n) is 6.54. The summed E-state index contributed by atoms with van der Waals surface area (Å²) in [6.07, 6.45) is 7.25. The highest BCUT2D eigenvalue weighted by Gasteiger charge is 2.31. The number of rotatable bonds is 7. The van der Waals surface area contributed by atoms with Crippen molar-refractivity contribution in [2.24, 2.45) is 5.92 Å². The summed E-state index contributed by atoms with van der Waals surface area (Å²) in [5.41, 5.74) is 0.578. The van der Waals surface area contributed by atoms with E-state index in [1.807, 2.05) is 0 Å². The zero-order valence-electron chi connectivity index (χ0n) is 13.5. The van der Waals surface area contributed by atoms with Gasteiger partial charge in [-0.1, -0.05) is 5.16 Å². The van der Waals surface area contributed by atoms with Crippen molar-refractivity contribution in [3.05, 3.63) is 29.7 Å². The molecule has 1 amide bonds. The van der Waals surface area contributed by atoms with Crippen molar-refractivity contribution >= 4 is 5.91 Å². The van der Waals surface area contributed by atoms with Crippen LogP contribution >= 0.6 is 0 Å². The summed E-state index contributed by atoms with van der Waals surface area (Å²) in [4.78, 5) is 18.6. The predicted octanol–water partition coefficient (Wildman–Crippen LogP) is 1.39. The maximum atomic E-state index is 12.3. The quantitative estimate of drug-likeness (QED) is 0.770. The second-order valence-corrected chi connectivity index (χ2v) is 6.54. The van der Waals surface area contributed by atoms with E-state index in [2.05, 4.69) is 20.3 Å². The average Bonchev–Trinajstić information content (AvgIpc) is 3.07. The minimum atomic E-state index is -0.0144.